The molecule has 5 rings (SSSR count). The molecule has 30 heavy (non-hydrogen) atoms. The van der Waals surface area contributed by atoms with Gasteiger partial charge in [0.2, 0.25) is 16.0 Å². The van der Waals surface area contributed by atoms with Crippen LogP contribution in [0.5, 0.6) is 0 Å². The lowest BCUT2D eigenvalue weighted by Crippen LogP contribution is -2.49. The number of aromatic nitrogens is 4. The van der Waals surface area contributed by atoms with Crippen molar-refractivity contribution in [3.05, 3.63) is 59.4 Å². The highest BCUT2D eigenvalue weighted by molar-refractivity contribution is 7.89. The van der Waals surface area contributed by atoms with Gasteiger partial charge in [0.25, 0.3) is 0 Å². The van der Waals surface area contributed by atoms with Gasteiger partial charge in [-0.25, -0.2) is 18.4 Å². The lowest BCUT2D eigenvalue weighted by atomic mass is 10.2. The van der Waals surface area contributed by atoms with Crippen LogP contribution in [0.1, 0.15) is 5.82 Å². The predicted molar refractivity (Wildman–Crippen MR) is 115 cm³/mol. The van der Waals surface area contributed by atoms with Gasteiger partial charge in [0.15, 0.2) is 5.65 Å². The third-order valence-electron chi connectivity index (χ3n) is 5.22. The van der Waals surface area contributed by atoms with Crippen LogP contribution in [-0.2, 0) is 10.0 Å². The Labute approximate surface area is 178 Å². The van der Waals surface area contributed by atoms with E-state index < -0.39 is 10.0 Å². The zero-order valence-electron chi connectivity index (χ0n) is 16.2. The first-order valence-corrected chi connectivity index (χ1v) is 11.4. The number of para-hydroxylation sites is 1. The number of benzene rings is 2. The van der Waals surface area contributed by atoms with Crippen LogP contribution in [0.25, 0.3) is 16.6 Å². The van der Waals surface area contributed by atoms with Crippen molar-refractivity contribution in [1.29, 1.82) is 0 Å². The van der Waals surface area contributed by atoms with Gasteiger partial charge in [0, 0.05) is 36.6 Å². The zero-order valence-corrected chi connectivity index (χ0v) is 17.8. The van der Waals surface area contributed by atoms with Gasteiger partial charge in [-0.1, -0.05) is 29.8 Å². The summed E-state index contributed by atoms with van der Waals surface area (Å²) in [6.07, 6.45) is 0. The molecule has 8 nitrogen and oxygen atoms in total. The van der Waals surface area contributed by atoms with Crippen LogP contribution >= 0.6 is 11.6 Å². The summed E-state index contributed by atoms with van der Waals surface area (Å²) in [6.45, 7) is 3.54. The first-order valence-electron chi connectivity index (χ1n) is 9.56. The normalized spacial score (nSPS) is 15.9. The van der Waals surface area contributed by atoms with Crippen LogP contribution in [-0.4, -0.2) is 58.5 Å². The van der Waals surface area contributed by atoms with Crippen molar-refractivity contribution in [2.24, 2.45) is 0 Å². The summed E-state index contributed by atoms with van der Waals surface area (Å²) in [7, 11) is -3.60. The van der Waals surface area contributed by atoms with E-state index in [4.69, 9.17) is 16.6 Å². The van der Waals surface area contributed by atoms with Gasteiger partial charge in [-0.3, -0.25) is 0 Å². The summed E-state index contributed by atoms with van der Waals surface area (Å²) in [6, 6.07) is 14.2. The third-order valence-corrected chi connectivity index (χ3v) is 7.35. The highest BCUT2D eigenvalue weighted by atomic mass is 35.5. The zero-order chi connectivity index (χ0) is 20.9. The molecular formula is C20H19ClN6O2S. The molecule has 0 saturated carbocycles. The van der Waals surface area contributed by atoms with Crippen molar-refractivity contribution in [1.82, 2.24) is 23.9 Å². The van der Waals surface area contributed by atoms with E-state index in [0.29, 0.717) is 43.0 Å². The molecule has 0 radical (unpaired) electrons. The lowest BCUT2D eigenvalue weighted by Gasteiger charge is -2.34. The van der Waals surface area contributed by atoms with Gasteiger partial charge in [0.05, 0.1) is 10.4 Å². The number of fused-ring (bicyclic) bond motifs is 3. The minimum atomic E-state index is -3.60. The molecule has 0 atom stereocenters. The molecule has 2 aromatic heterocycles. The van der Waals surface area contributed by atoms with Gasteiger partial charge in [0.1, 0.15) is 5.82 Å². The average Bonchev–Trinajstić information content (AvgIpc) is 3.15. The van der Waals surface area contributed by atoms with Crippen LogP contribution in [0, 0.1) is 6.92 Å². The largest absolute Gasteiger partial charge is 0.338 e. The Hall–Kier alpha value is -2.75. The maximum absolute atomic E-state index is 13.0. The number of hydrogen-bond acceptors (Lipinski definition) is 6. The molecule has 0 N–H and O–H groups in total. The summed E-state index contributed by atoms with van der Waals surface area (Å²) in [4.78, 5) is 11.6. The Morgan fingerprint density at radius 1 is 0.967 bits per heavy atom. The van der Waals surface area contributed by atoms with E-state index in [-0.39, 0.29) is 4.90 Å². The second-order valence-electron chi connectivity index (χ2n) is 7.17. The second-order valence-corrected chi connectivity index (χ2v) is 9.55. The molecule has 0 spiro atoms. The number of rotatable bonds is 3. The monoisotopic (exact) mass is 442 g/mol. The van der Waals surface area contributed by atoms with Gasteiger partial charge in [-0.2, -0.15) is 8.82 Å². The van der Waals surface area contributed by atoms with Gasteiger partial charge in [-0.05, 0) is 37.3 Å². The molecule has 4 aromatic rings. The molecule has 10 heteroatoms. The first kappa shape index (κ1) is 19.2. The van der Waals surface area contributed by atoms with Crippen molar-refractivity contribution < 1.29 is 8.42 Å². The molecule has 0 bridgehead atoms. The van der Waals surface area contributed by atoms with E-state index >= 15 is 0 Å². The Balaban J connectivity index is 1.46. The van der Waals surface area contributed by atoms with Crippen LogP contribution in [0.3, 0.4) is 0 Å². The SMILES string of the molecule is Cc1nc2c3ccccc3nc(N3CCN(S(=O)(=O)c4cccc(Cl)c4)CC3)n2n1. The van der Waals surface area contributed by atoms with Gasteiger partial charge < -0.3 is 4.90 Å². The van der Waals surface area contributed by atoms with Crippen molar-refractivity contribution in [2.45, 2.75) is 11.8 Å². The lowest BCUT2D eigenvalue weighted by molar-refractivity contribution is 0.381. The minimum Gasteiger partial charge on any atom is -0.338 e. The van der Waals surface area contributed by atoms with Crippen molar-refractivity contribution in [2.75, 3.05) is 31.1 Å². The predicted octanol–water partition coefficient (Wildman–Crippen LogP) is 2.75. The number of anilines is 1. The summed E-state index contributed by atoms with van der Waals surface area (Å²) in [5.74, 6) is 1.33. The molecular weight excluding hydrogens is 424 g/mol. The Morgan fingerprint density at radius 2 is 1.73 bits per heavy atom. The van der Waals surface area contributed by atoms with Crippen LogP contribution in [0.2, 0.25) is 5.02 Å². The molecule has 2 aromatic carbocycles. The number of hydrogen-bond donors (Lipinski definition) is 0. The van der Waals surface area contributed by atoms with Gasteiger partial charge >= 0.3 is 0 Å². The number of sulfonamides is 1. The van der Waals surface area contributed by atoms with Crippen LogP contribution < -0.4 is 4.90 Å². The average molecular weight is 443 g/mol. The van der Waals surface area contributed by atoms with E-state index in [9.17, 15) is 8.42 Å². The standard InChI is InChI=1S/C20H19ClN6O2S/c1-14-22-19-17-7-2-3-8-18(17)23-20(27(19)24-14)25-9-11-26(12-10-25)30(28,29)16-6-4-5-15(21)13-16/h2-8,13H,9-12H2,1H3. The van der Waals surface area contributed by atoms with Crippen LogP contribution in [0.15, 0.2) is 53.4 Å². The number of nitrogens with zero attached hydrogens (tertiary/aromatic N) is 6. The summed E-state index contributed by atoms with van der Waals surface area (Å²) in [5, 5.41) is 5.85. The Morgan fingerprint density at radius 3 is 2.50 bits per heavy atom. The summed E-state index contributed by atoms with van der Waals surface area (Å²) >= 11 is 5.98. The topological polar surface area (TPSA) is 83.7 Å². The quantitative estimate of drug-likeness (QED) is 0.485. The van der Waals surface area contributed by atoms with Crippen LogP contribution in [0.4, 0.5) is 5.95 Å². The van der Waals surface area contributed by atoms with Crippen molar-refractivity contribution in [3.63, 3.8) is 0 Å². The molecule has 1 saturated heterocycles. The smallest absolute Gasteiger partial charge is 0.243 e. The highest BCUT2D eigenvalue weighted by Crippen LogP contribution is 2.25. The molecule has 1 fully saturated rings. The van der Waals surface area contributed by atoms with E-state index in [1.165, 1.54) is 10.4 Å². The fraction of sp³-hybridized carbons (Fsp3) is 0.250. The number of aryl methyl sites for hydroxylation is 1. The fourth-order valence-corrected chi connectivity index (χ4v) is 5.48. The maximum atomic E-state index is 13.0. The van der Waals surface area contributed by atoms with Crippen molar-refractivity contribution >= 4 is 44.1 Å². The number of piperazine rings is 1. The summed E-state index contributed by atoms with van der Waals surface area (Å²) < 4.78 is 29.2. The first-order chi connectivity index (χ1) is 14.4. The van der Waals surface area contributed by atoms with Crippen molar-refractivity contribution in [3.8, 4) is 0 Å². The molecule has 1 aliphatic rings. The Bertz CT molecular complexity index is 1360. The minimum absolute atomic E-state index is 0.210. The maximum Gasteiger partial charge on any atom is 0.243 e. The van der Waals surface area contributed by atoms with Gasteiger partial charge in [-0.15, -0.1) is 5.10 Å². The molecule has 0 unspecified atom stereocenters. The van der Waals surface area contributed by atoms with E-state index in [1.807, 2.05) is 31.2 Å². The molecule has 154 valence electrons. The molecule has 0 aliphatic carbocycles. The highest BCUT2D eigenvalue weighted by Gasteiger charge is 2.30. The fourth-order valence-electron chi connectivity index (χ4n) is 3.75. The third kappa shape index (κ3) is 3.19. The molecule has 0 amide bonds. The van der Waals surface area contributed by atoms with E-state index in [2.05, 4.69) is 15.0 Å². The molecule has 3 heterocycles. The molecule has 1 aliphatic heterocycles. The Kier molecular flexibility index (Phi) is 4.61. The number of halogens is 1. The second kappa shape index (κ2) is 7.19. The van der Waals surface area contributed by atoms with E-state index in [1.54, 1.807) is 22.7 Å². The van der Waals surface area contributed by atoms with E-state index in [0.717, 1.165) is 16.6 Å². The summed E-state index contributed by atoms with van der Waals surface area (Å²) in [5.41, 5.74) is 1.59.